The van der Waals surface area contributed by atoms with Crippen LogP contribution in [-0.2, 0) is 5.60 Å². The number of thiazole rings is 1. The molecule has 3 aromatic rings. The van der Waals surface area contributed by atoms with Crippen LogP contribution < -0.4 is 14.2 Å². The van der Waals surface area contributed by atoms with E-state index in [-0.39, 0.29) is 31.8 Å². The van der Waals surface area contributed by atoms with Crippen molar-refractivity contribution in [3.63, 3.8) is 0 Å². The maximum Gasteiger partial charge on any atom is 0.184 e. The number of hydrogen-bond acceptors (Lipinski definition) is 9. The van der Waals surface area contributed by atoms with Gasteiger partial charge < -0.3 is 24.4 Å². The number of Topliss-reactive ketones (excluding diaryl/α,β-unsaturated/α-hetero) is 1. The van der Waals surface area contributed by atoms with Gasteiger partial charge in [-0.15, -0.1) is 11.3 Å². The van der Waals surface area contributed by atoms with Crippen molar-refractivity contribution in [2.24, 2.45) is 0 Å². The number of ether oxygens (including phenoxy) is 3. The molecule has 1 aromatic carbocycles. The summed E-state index contributed by atoms with van der Waals surface area (Å²) >= 11 is 7.21. The second-order valence-corrected chi connectivity index (χ2v) is 8.97. The molecule has 0 spiro atoms. The normalized spacial score (nSPS) is 12.8. The maximum atomic E-state index is 12.8. The lowest BCUT2D eigenvalue weighted by Gasteiger charge is -2.23. The highest BCUT2D eigenvalue weighted by Gasteiger charge is 2.28. The Balaban J connectivity index is 1.76. The molecule has 1 unspecified atom stereocenters. The van der Waals surface area contributed by atoms with E-state index in [1.807, 2.05) is 0 Å². The molecule has 1 atom stereocenters. The second-order valence-electron chi connectivity index (χ2n) is 7.36. The van der Waals surface area contributed by atoms with Gasteiger partial charge in [0.05, 0.1) is 31.4 Å². The van der Waals surface area contributed by atoms with Gasteiger partial charge in [0.2, 0.25) is 0 Å². The van der Waals surface area contributed by atoms with E-state index >= 15 is 0 Å². The number of aliphatic hydroxyl groups excluding tert-OH is 1. The average molecular weight is 493 g/mol. The molecule has 2 heterocycles. The monoisotopic (exact) mass is 492 g/mol. The number of halogens is 1. The van der Waals surface area contributed by atoms with Gasteiger partial charge in [-0.3, -0.25) is 4.79 Å². The third kappa shape index (κ3) is 6.00. The zero-order valence-electron chi connectivity index (χ0n) is 18.5. The second kappa shape index (κ2) is 10.9. The fourth-order valence-corrected chi connectivity index (χ4v) is 4.13. The molecule has 33 heavy (non-hydrogen) atoms. The summed E-state index contributed by atoms with van der Waals surface area (Å²) in [6, 6.07) is 8.23. The van der Waals surface area contributed by atoms with Gasteiger partial charge in [0.25, 0.3) is 0 Å². The minimum Gasteiger partial charge on any atom is -0.494 e. The van der Waals surface area contributed by atoms with Crippen LogP contribution in [-0.4, -0.2) is 53.4 Å². The molecule has 0 radical (unpaired) electrons. The number of benzene rings is 1. The average Bonchev–Trinajstić information content (AvgIpc) is 3.26. The van der Waals surface area contributed by atoms with E-state index in [4.69, 9.17) is 30.9 Å². The summed E-state index contributed by atoms with van der Waals surface area (Å²) in [6.45, 7) is 1.61. The van der Waals surface area contributed by atoms with Gasteiger partial charge in [-0.25, -0.2) is 9.97 Å². The maximum absolute atomic E-state index is 12.8. The zero-order chi connectivity index (χ0) is 24.0. The number of nitrogens with zero attached hydrogens (tertiary/aromatic N) is 2. The summed E-state index contributed by atoms with van der Waals surface area (Å²) in [5.74, 6) is 1.20. The van der Waals surface area contributed by atoms with Crippen LogP contribution in [0.3, 0.4) is 0 Å². The van der Waals surface area contributed by atoms with Crippen molar-refractivity contribution < 1.29 is 29.2 Å². The minimum absolute atomic E-state index is 0.0857. The van der Waals surface area contributed by atoms with Crippen LogP contribution in [0.2, 0.25) is 4.47 Å². The Morgan fingerprint density at radius 3 is 2.52 bits per heavy atom. The molecule has 0 aliphatic heterocycles. The van der Waals surface area contributed by atoms with Crippen molar-refractivity contribution in [3.05, 3.63) is 52.3 Å². The first kappa shape index (κ1) is 24.9. The molecular formula is C23H25ClN2O6S. The first-order valence-corrected chi connectivity index (χ1v) is 11.3. The number of carbonyl (C=O) groups is 1. The molecule has 0 aliphatic carbocycles. The summed E-state index contributed by atoms with van der Waals surface area (Å²) in [5.41, 5.74) is -0.00349. The van der Waals surface area contributed by atoms with E-state index in [0.717, 1.165) is 0 Å². The van der Waals surface area contributed by atoms with Crippen molar-refractivity contribution in [2.75, 3.05) is 27.4 Å². The number of aromatic nitrogens is 2. The number of aliphatic hydroxyl groups is 2. The fourth-order valence-electron chi connectivity index (χ4n) is 3.20. The number of pyridine rings is 1. The Labute approximate surface area is 200 Å². The minimum atomic E-state index is -1.36. The Kier molecular flexibility index (Phi) is 8.25. The van der Waals surface area contributed by atoms with Crippen molar-refractivity contribution >= 4 is 28.7 Å². The van der Waals surface area contributed by atoms with E-state index in [2.05, 4.69) is 9.97 Å². The first-order valence-electron chi connectivity index (χ1n) is 10.1. The van der Waals surface area contributed by atoms with Gasteiger partial charge in [-0.2, -0.15) is 0 Å². The lowest BCUT2D eigenvalue weighted by atomic mass is 9.92. The predicted molar refractivity (Wildman–Crippen MR) is 126 cm³/mol. The van der Waals surface area contributed by atoms with Crippen molar-refractivity contribution in [2.45, 2.75) is 25.4 Å². The van der Waals surface area contributed by atoms with Crippen LogP contribution in [0, 0.1) is 0 Å². The molecule has 3 rings (SSSR count). The molecule has 2 N–H and O–H groups in total. The van der Waals surface area contributed by atoms with Crippen molar-refractivity contribution in [1.29, 1.82) is 0 Å². The first-order chi connectivity index (χ1) is 15.8. The van der Waals surface area contributed by atoms with Gasteiger partial charge in [-0.1, -0.05) is 11.6 Å². The Bertz CT molecular complexity index is 1120. The largest absolute Gasteiger partial charge is 0.494 e. The highest BCUT2D eigenvalue weighted by molar-refractivity contribution is 7.18. The molecule has 2 aromatic heterocycles. The van der Waals surface area contributed by atoms with E-state index in [1.54, 1.807) is 43.5 Å². The van der Waals surface area contributed by atoms with Gasteiger partial charge in [0.15, 0.2) is 21.7 Å². The number of carbonyl (C=O) groups excluding carboxylic acids is 1. The molecule has 0 bridgehead atoms. The van der Waals surface area contributed by atoms with E-state index in [1.165, 1.54) is 25.6 Å². The van der Waals surface area contributed by atoms with Crippen molar-refractivity contribution in [3.8, 4) is 27.8 Å². The topological polar surface area (TPSA) is 111 Å². The molecule has 176 valence electrons. The number of rotatable bonds is 11. The Morgan fingerprint density at radius 2 is 1.88 bits per heavy atom. The van der Waals surface area contributed by atoms with Crippen molar-refractivity contribution in [1.82, 2.24) is 9.97 Å². The molecule has 0 amide bonds. The molecule has 0 saturated heterocycles. The molecular weight excluding hydrogens is 468 g/mol. The number of hydrogen-bond donors (Lipinski definition) is 2. The molecule has 0 saturated carbocycles. The summed E-state index contributed by atoms with van der Waals surface area (Å²) in [5, 5.41) is 20.0. The van der Waals surface area contributed by atoms with Gasteiger partial charge in [-0.05, 0) is 43.7 Å². The van der Waals surface area contributed by atoms with Crippen LogP contribution in [0.15, 0.2) is 36.5 Å². The van der Waals surface area contributed by atoms with Gasteiger partial charge in [0, 0.05) is 18.2 Å². The van der Waals surface area contributed by atoms with E-state index in [9.17, 15) is 9.90 Å². The Hall–Kier alpha value is -2.72. The highest BCUT2D eigenvalue weighted by Crippen LogP contribution is 2.36. The summed E-state index contributed by atoms with van der Waals surface area (Å²) in [4.78, 5) is 22.1. The lowest BCUT2D eigenvalue weighted by Crippen LogP contribution is -2.24. The standard InChI is InChI=1S/C23H25ClN2O6S/c1-23(29,20-7-6-17(30-2)21(26-20)19-13-25-22(24)33-19)9-8-15(28)14-4-5-16(32-11-10-27)18(12-14)31-3/h4-7,12-13,27,29H,8-11H2,1-3H3. The quantitative estimate of drug-likeness (QED) is 0.384. The molecule has 0 fully saturated rings. The van der Waals surface area contributed by atoms with Crippen LogP contribution in [0.5, 0.6) is 17.2 Å². The predicted octanol–water partition coefficient (Wildman–Crippen LogP) is 4.12. The number of methoxy groups -OCH3 is 2. The Morgan fingerprint density at radius 1 is 1.15 bits per heavy atom. The summed E-state index contributed by atoms with van der Waals surface area (Å²) in [6.07, 6.45) is 1.84. The third-order valence-electron chi connectivity index (χ3n) is 5.01. The van der Waals surface area contributed by atoms with Crippen LogP contribution in [0.1, 0.15) is 35.8 Å². The van der Waals surface area contributed by atoms with Gasteiger partial charge >= 0.3 is 0 Å². The summed E-state index contributed by atoms with van der Waals surface area (Å²) in [7, 11) is 3.01. The number of ketones is 1. The summed E-state index contributed by atoms with van der Waals surface area (Å²) < 4.78 is 16.4. The van der Waals surface area contributed by atoms with E-state index < -0.39 is 5.60 Å². The van der Waals surface area contributed by atoms with Crippen LogP contribution in [0.25, 0.3) is 10.6 Å². The lowest BCUT2D eigenvalue weighted by molar-refractivity contribution is 0.0397. The molecule has 8 nitrogen and oxygen atoms in total. The van der Waals surface area contributed by atoms with Crippen LogP contribution in [0.4, 0.5) is 0 Å². The third-order valence-corrected chi connectivity index (χ3v) is 6.14. The van der Waals surface area contributed by atoms with Crippen LogP contribution >= 0.6 is 22.9 Å². The van der Waals surface area contributed by atoms with Gasteiger partial charge in [0.1, 0.15) is 23.7 Å². The smallest absolute Gasteiger partial charge is 0.184 e. The zero-order valence-corrected chi connectivity index (χ0v) is 20.1. The molecule has 0 aliphatic rings. The SMILES string of the molecule is COc1cc(C(=O)CCC(C)(O)c2ccc(OC)c(-c3cnc(Cl)s3)n2)ccc1OCCO. The molecule has 10 heteroatoms. The fraction of sp³-hybridized carbons (Fsp3) is 0.348. The highest BCUT2D eigenvalue weighted by atomic mass is 35.5. The van der Waals surface area contributed by atoms with E-state index in [0.29, 0.717) is 43.5 Å².